The predicted molar refractivity (Wildman–Crippen MR) is 39.8 cm³/mol. The second-order valence-electron chi connectivity index (χ2n) is 3.35. The number of hydrogen-bond donors (Lipinski definition) is 1. The summed E-state index contributed by atoms with van der Waals surface area (Å²) in [5.41, 5.74) is -0.585. The van der Waals surface area contributed by atoms with Crippen LogP contribution in [0.4, 0.5) is 0 Å². The highest BCUT2D eigenvalue weighted by molar-refractivity contribution is 5.68. The van der Waals surface area contributed by atoms with E-state index in [9.17, 15) is 0 Å². The van der Waals surface area contributed by atoms with Gasteiger partial charge in [0.05, 0.1) is 12.8 Å². The molecule has 1 heterocycles. The molecule has 64 valence electrons. The summed E-state index contributed by atoms with van der Waals surface area (Å²) in [7, 11) is 0. The van der Waals surface area contributed by atoms with E-state index in [1.165, 1.54) is 6.21 Å². The lowest BCUT2D eigenvalue weighted by Gasteiger charge is -2.20. The van der Waals surface area contributed by atoms with E-state index in [4.69, 9.17) is 14.7 Å². The molecule has 0 unspecified atom stereocenters. The zero-order valence-electron chi connectivity index (χ0n) is 7.00. The minimum absolute atomic E-state index is 0.421. The summed E-state index contributed by atoms with van der Waals surface area (Å²) >= 11 is 0. The molecule has 1 fully saturated rings. The van der Waals surface area contributed by atoms with Crippen LogP contribution in [0.25, 0.3) is 0 Å². The number of oxime groups is 1. The molecule has 1 N–H and O–H groups in total. The molecule has 0 aromatic heterocycles. The van der Waals surface area contributed by atoms with Crippen LogP contribution in [0.1, 0.15) is 20.8 Å². The van der Waals surface area contributed by atoms with Crippen molar-refractivity contribution < 1.29 is 14.7 Å². The van der Waals surface area contributed by atoms with E-state index >= 15 is 0 Å². The maximum absolute atomic E-state index is 8.30. The van der Waals surface area contributed by atoms with Crippen molar-refractivity contribution in [1.82, 2.24) is 0 Å². The summed E-state index contributed by atoms with van der Waals surface area (Å²) in [6.07, 6.45) is 1.34. The highest BCUT2D eigenvalue weighted by Crippen LogP contribution is 2.28. The summed E-state index contributed by atoms with van der Waals surface area (Å²) in [6.45, 7) is 5.87. The quantitative estimate of drug-likeness (QED) is 0.352. The van der Waals surface area contributed by atoms with E-state index in [1.54, 1.807) is 0 Å². The molecule has 0 aliphatic carbocycles. The SMILES string of the molecule is CC1(C)OC[C@@](C)(C=NO)O1. The van der Waals surface area contributed by atoms with Crippen molar-refractivity contribution in [3.05, 3.63) is 0 Å². The van der Waals surface area contributed by atoms with E-state index in [0.717, 1.165) is 0 Å². The lowest BCUT2D eigenvalue weighted by Crippen LogP contribution is -2.32. The van der Waals surface area contributed by atoms with E-state index in [-0.39, 0.29) is 0 Å². The molecule has 0 radical (unpaired) electrons. The Bertz CT molecular complexity index is 179. The summed E-state index contributed by atoms with van der Waals surface area (Å²) in [4.78, 5) is 0. The zero-order chi connectivity index (χ0) is 8.54. The lowest BCUT2D eigenvalue weighted by molar-refractivity contribution is -0.144. The average Bonchev–Trinajstić information content (AvgIpc) is 2.07. The molecule has 4 nitrogen and oxygen atoms in total. The van der Waals surface area contributed by atoms with E-state index < -0.39 is 11.4 Å². The Morgan fingerprint density at radius 2 is 2.09 bits per heavy atom. The van der Waals surface area contributed by atoms with Gasteiger partial charge in [0, 0.05) is 0 Å². The van der Waals surface area contributed by atoms with Crippen LogP contribution in [-0.4, -0.2) is 29.4 Å². The van der Waals surface area contributed by atoms with Crippen LogP contribution in [0.3, 0.4) is 0 Å². The van der Waals surface area contributed by atoms with Crippen molar-refractivity contribution >= 4 is 6.21 Å². The minimum atomic E-state index is -0.585. The van der Waals surface area contributed by atoms with Gasteiger partial charge < -0.3 is 14.7 Å². The standard InChI is InChI=1S/C7H13NO3/c1-6(2)10-5-7(3,11-6)4-8-9/h4,9H,5H2,1-3H3/t7-/m1/s1. The third kappa shape index (κ3) is 1.91. The molecule has 1 aliphatic heterocycles. The summed E-state index contributed by atoms with van der Waals surface area (Å²) < 4.78 is 10.7. The van der Waals surface area contributed by atoms with E-state index in [0.29, 0.717) is 6.61 Å². The molecule has 0 saturated carbocycles. The van der Waals surface area contributed by atoms with Crippen LogP contribution in [-0.2, 0) is 9.47 Å². The molecule has 0 bridgehead atoms. The fourth-order valence-electron chi connectivity index (χ4n) is 1.12. The van der Waals surface area contributed by atoms with Gasteiger partial charge in [-0.15, -0.1) is 0 Å². The maximum atomic E-state index is 8.30. The number of ether oxygens (including phenoxy) is 2. The molecular formula is C7H13NO3. The first-order valence-corrected chi connectivity index (χ1v) is 3.50. The first-order valence-electron chi connectivity index (χ1n) is 3.50. The van der Waals surface area contributed by atoms with Gasteiger partial charge in [-0.1, -0.05) is 5.16 Å². The second kappa shape index (κ2) is 2.46. The van der Waals surface area contributed by atoms with Crippen molar-refractivity contribution in [1.29, 1.82) is 0 Å². The third-order valence-electron chi connectivity index (χ3n) is 1.52. The fourth-order valence-corrected chi connectivity index (χ4v) is 1.12. The second-order valence-corrected chi connectivity index (χ2v) is 3.35. The Balaban J connectivity index is 2.65. The highest BCUT2D eigenvalue weighted by Gasteiger charge is 2.40. The number of nitrogens with zero attached hydrogens (tertiary/aromatic N) is 1. The van der Waals surface area contributed by atoms with Crippen molar-refractivity contribution in [2.75, 3.05) is 6.61 Å². The van der Waals surface area contributed by atoms with Crippen molar-refractivity contribution in [2.45, 2.75) is 32.2 Å². The molecule has 4 heteroatoms. The first-order chi connectivity index (χ1) is 4.97. The van der Waals surface area contributed by atoms with Gasteiger partial charge in [-0.25, -0.2) is 0 Å². The molecule has 1 atom stereocenters. The largest absolute Gasteiger partial charge is 0.411 e. The van der Waals surface area contributed by atoms with Gasteiger partial charge in [0.1, 0.15) is 5.60 Å². The average molecular weight is 159 g/mol. The van der Waals surface area contributed by atoms with Gasteiger partial charge in [-0.2, -0.15) is 0 Å². The van der Waals surface area contributed by atoms with Crippen molar-refractivity contribution in [3.63, 3.8) is 0 Å². The van der Waals surface area contributed by atoms with Gasteiger partial charge in [-0.3, -0.25) is 0 Å². The fraction of sp³-hybridized carbons (Fsp3) is 0.857. The minimum Gasteiger partial charge on any atom is -0.411 e. The molecule has 0 spiro atoms. The predicted octanol–water partition coefficient (Wildman–Crippen LogP) is 0.988. The van der Waals surface area contributed by atoms with Crippen LogP contribution in [0.2, 0.25) is 0 Å². The Morgan fingerprint density at radius 3 is 2.45 bits per heavy atom. The van der Waals surface area contributed by atoms with Crippen LogP contribution in [0, 0.1) is 0 Å². The number of hydrogen-bond acceptors (Lipinski definition) is 4. The Hall–Kier alpha value is -0.610. The highest BCUT2D eigenvalue weighted by atomic mass is 16.8. The third-order valence-corrected chi connectivity index (χ3v) is 1.52. The maximum Gasteiger partial charge on any atom is 0.164 e. The first kappa shape index (κ1) is 8.49. The Kier molecular flexibility index (Phi) is 1.90. The molecule has 0 amide bonds. The van der Waals surface area contributed by atoms with Crippen molar-refractivity contribution in [3.8, 4) is 0 Å². The van der Waals surface area contributed by atoms with Gasteiger partial charge in [0.15, 0.2) is 5.79 Å². The van der Waals surface area contributed by atoms with Crippen molar-refractivity contribution in [2.24, 2.45) is 5.16 Å². The molecule has 0 aromatic rings. The smallest absolute Gasteiger partial charge is 0.164 e. The van der Waals surface area contributed by atoms with E-state index in [2.05, 4.69) is 5.16 Å². The molecule has 0 aromatic carbocycles. The van der Waals surface area contributed by atoms with E-state index in [1.807, 2.05) is 20.8 Å². The van der Waals surface area contributed by atoms with Crippen LogP contribution >= 0.6 is 0 Å². The lowest BCUT2D eigenvalue weighted by atomic mass is 10.1. The normalized spacial score (nSPS) is 36.6. The van der Waals surface area contributed by atoms with Gasteiger partial charge in [0.25, 0.3) is 0 Å². The Labute approximate surface area is 65.8 Å². The molecule has 11 heavy (non-hydrogen) atoms. The summed E-state index contributed by atoms with van der Waals surface area (Å²) in [5, 5.41) is 11.2. The van der Waals surface area contributed by atoms with Gasteiger partial charge in [0.2, 0.25) is 0 Å². The monoisotopic (exact) mass is 159 g/mol. The van der Waals surface area contributed by atoms with Crippen LogP contribution in [0.5, 0.6) is 0 Å². The summed E-state index contributed by atoms with van der Waals surface area (Å²) in [5.74, 6) is -0.573. The molecule has 1 aliphatic rings. The molecular weight excluding hydrogens is 146 g/mol. The summed E-state index contributed by atoms with van der Waals surface area (Å²) in [6, 6.07) is 0. The molecule has 1 saturated heterocycles. The number of rotatable bonds is 1. The Morgan fingerprint density at radius 1 is 1.45 bits per heavy atom. The van der Waals surface area contributed by atoms with Crippen LogP contribution < -0.4 is 0 Å². The molecule has 1 rings (SSSR count). The topological polar surface area (TPSA) is 51.0 Å². The van der Waals surface area contributed by atoms with Gasteiger partial charge >= 0.3 is 0 Å². The van der Waals surface area contributed by atoms with Crippen LogP contribution in [0.15, 0.2) is 5.16 Å². The zero-order valence-corrected chi connectivity index (χ0v) is 7.00. The van der Waals surface area contributed by atoms with Gasteiger partial charge in [-0.05, 0) is 20.8 Å².